The summed E-state index contributed by atoms with van der Waals surface area (Å²) in [7, 11) is -3.71. The Morgan fingerprint density at radius 3 is 2.32 bits per heavy atom. The molecule has 15 heteroatoms. The number of amides is 2. The minimum Gasteiger partial charge on any atom is -0.469 e. The van der Waals surface area contributed by atoms with Gasteiger partial charge in [-0.05, 0) is 47.5 Å². The second-order valence-corrected chi connectivity index (χ2v) is 13.5. The second kappa shape index (κ2) is 9.90. The summed E-state index contributed by atoms with van der Waals surface area (Å²) in [5, 5.41) is 40.6. The van der Waals surface area contributed by atoms with E-state index in [2.05, 4.69) is 10.6 Å². The first-order valence-corrected chi connectivity index (χ1v) is 14.6. The van der Waals surface area contributed by atoms with E-state index in [1.165, 1.54) is 46.6 Å². The van der Waals surface area contributed by atoms with Crippen LogP contribution in [0.1, 0.15) is 53.9 Å². The summed E-state index contributed by atoms with van der Waals surface area (Å²) < 4.78 is 27.5. The predicted octanol–water partition coefficient (Wildman–Crippen LogP) is 0.0212. The van der Waals surface area contributed by atoms with E-state index in [4.69, 9.17) is 14.0 Å². The number of carbonyl (C=O) groups excluding carboxylic acids is 2. The molecule has 2 amide bonds. The van der Waals surface area contributed by atoms with Gasteiger partial charge in [-0.25, -0.2) is 9.36 Å². The number of phosphoric acid groups is 1. The Balaban J connectivity index is 2.09. The standard InChI is InChI=1S/C22H39N2O11PS/c1-18(11-34-36(30,31)32)20(3,27)22(5,29)21(4,28)19(2,35-18)12(8-7-9-14(25)33-6)16-15-13(10-37-16)23-17(26)24-15/h12-13,15-16,27-29H,7-11H2,1-6H3,(H2,23,24,26)(H2,30,31,32)/t12?,13-,15-,16?,18?,19+,20+,21?,22?/m0/s1. The number of esters is 1. The molecule has 0 aliphatic carbocycles. The highest BCUT2D eigenvalue weighted by molar-refractivity contribution is 8.00. The van der Waals surface area contributed by atoms with Crippen LogP contribution >= 0.6 is 19.6 Å². The largest absolute Gasteiger partial charge is 0.469 e. The Morgan fingerprint density at radius 2 is 1.76 bits per heavy atom. The molecule has 9 atom stereocenters. The number of rotatable bonds is 9. The molecule has 3 fully saturated rings. The normalized spacial score (nSPS) is 44.6. The molecule has 0 aromatic carbocycles. The topological polar surface area (TPSA) is 204 Å². The van der Waals surface area contributed by atoms with Crippen LogP contribution in [0.25, 0.3) is 0 Å². The maximum atomic E-state index is 12.1. The van der Waals surface area contributed by atoms with Gasteiger partial charge >= 0.3 is 19.8 Å². The molecule has 0 radical (unpaired) electrons. The van der Waals surface area contributed by atoms with E-state index < -0.39 is 54.3 Å². The third kappa shape index (κ3) is 5.05. The van der Waals surface area contributed by atoms with Gasteiger partial charge in [0.2, 0.25) is 0 Å². The molecule has 0 bridgehead atoms. The van der Waals surface area contributed by atoms with Crippen LogP contribution in [0.5, 0.6) is 0 Å². The number of urea groups is 1. The van der Waals surface area contributed by atoms with Crippen molar-refractivity contribution in [3.8, 4) is 0 Å². The maximum Gasteiger partial charge on any atom is 0.469 e. The Hall–Kier alpha value is -0.960. The summed E-state index contributed by atoms with van der Waals surface area (Å²) in [6.45, 7) is 5.88. The molecule has 7 N–H and O–H groups in total. The quantitative estimate of drug-likeness (QED) is 0.111. The van der Waals surface area contributed by atoms with Crippen molar-refractivity contribution >= 4 is 31.6 Å². The molecule has 37 heavy (non-hydrogen) atoms. The average Bonchev–Trinajstić information content (AvgIpc) is 3.32. The van der Waals surface area contributed by atoms with Crippen molar-refractivity contribution in [1.29, 1.82) is 0 Å². The molecular weight excluding hydrogens is 531 g/mol. The lowest BCUT2D eigenvalue weighted by atomic mass is 9.54. The summed E-state index contributed by atoms with van der Waals surface area (Å²) in [4.78, 5) is 42.6. The van der Waals surface area contributed by atoms with Crippen molar-refractivity contribution in [3.63, 3.8) is 0 Å². The van der Waals surface area contributed by atoms with Crippen LogP contribution in [0.15, 0.2) is 0 Å². The second-order valence-electron chi connectivity index (χ2n) is 11.0. The van der Waals surface area contributed by atoms with Crippen molar-refractivity contribution < 1.29 is 53.3 Å². The van der Waals surface area contributed by atoms with Crippen LogP contribution in [0.2, 0.25) is 0 Å². The fourth-order valence-electron chi connectivity index (χ4n) is 5.97. The van der Waals surface area contributed by atoms with Crippen LogP contribution in [-0.4, -0.2) is 102 Å². The summed E-state index contributed by atoms with van der Waals surface area (Å²) >= 11 is 1.54. The Labute approximate surface area is 220 Å². The van der Waals surface area contributed by atoms with E-state index in [0.717, 1.165) is 0 Å². The summed E-state index contributed by atoms with van der Waals surface area (Å²) in [5.74, 6) is -0.473. The predicted molar refractivity (Wildman–Crippen MR) is 133 cm³/mol. The van der Waals surface area contributed by atoms with Gasteiger partial charge in [0.1, 0.15) is 28.0 Å². The van der Waals surface area contributed by atoms with Crippen molar-refractivity contribution in [2.75, 3.05) is 19.5 Å². The zero-order chi connectivity index (χ0) is 28.2. The smallest absolute Gasteiger partial charge is 0.469 e. The number of fused-ring (bicyclic) bond motifs is 1. The van der Waals surface area contributed by atoms with Crippen molar-refractivity contribution in [3.05, 3.63) is 0 Å². The zero-order valence-electron chi connectivity index (χ0n) is 21.9. The van der Waals surface area contributed by atoms with Crippen LogP contribution in [0.4, 0.5) is 4.79 Å². The molecular formula is C22H39N2O11PS. The zero-order valence-corrected chi connectivity index (χ0v) is 23.6. The van der Waals surface area contributed by atoms with Gasteiger partial charge in [0.15, 0.2) is 0 Å². The van der Waals surface area contributed by atoms with Crippen molar-refractivity contribution in [1.82, 2.24) is 10.6 Å². The van der Waals surface area contributed by atoms with Gasteiger partial charge in [-0.1, -0.05) is 0 Å². The van der Waals surface area contributed by atoms with Gasteiger partial charge in [0.25, 0.3) is 0 Å². The maximum absolute atomic E-state index is 12.1. The molecule has 0 aromatic rings. The first-order chi connectivity index (χ1) is 16.7. The lowest BCUT2D eigenvalue weighted by Crippen LogP contribution is -2.86. The van der Waals surface area contributed by atoms with Gasteiger partial charge in [-0.15, -0.1) is 0 Å². The number of phosphoric ester groups is 1. The Morgan fingerprint density at radius 1 is 1.14 bits per heavy atom. The molecule has 3 saturated heterocycles. The fraction of sp³-hybridized carbons (Fsp3) is 0.909. The Bertz CT molecular complexity index is 957. The average molecular weight is 571 g/mol. The van der Waals surface area contributed by atoms with E-state index in [0.29, 0.717) is 18.6 Å². The number of ether oxygens (including phenoxy) is 2. The lowest BCUT2D eigenvalue weighted by molar-refractivity contribution is -0.411. The first-order valence-electron chi connectivity index (χ1n) is 12.1. The van der Waals surface area contributed by atoms with Crippen molar-refractivity contribution in [2.45, 2.75) is 99.2 Å². The molecule has 0 saturated carbocycles. The van der Waals surface area contributed by atoms with E-state index >= 15 is 0 Å². The third-order valence-electron chi connectivity index (χ3n) is 8.94. The highest BCUT2D eigenvalue weighted by Crippen LogP contribution is 2.59. The molecule has 0 spiro atoms. The van der Waals surface area contributed by atoms with Gasteiger partial charge in [-0.2, -0.15) is 11.8 Å². The minimum atomic E-state index is -4.99. The molecule has 3 aliphatic heterocycles. The van der Waals surface area contributed by atoms with E-state index in [-0.39, 0.29) is 29.8 Å². The SMILES string of the molecule is COC(=O)CCCC(C1SC[C@@H]2NC(=O)N[C@H]12)[C@@]1(C)OC(C)(COP(=O)(O)O)[C@@](C)(O)C(C)(O)C1(C)O. The lowest BCUT2D eigenvalue weighted by Gasteiger charge is -2.68. The molecule has 3 heterocycles. The molecule has 3 rings (SSSR count). The van der Waals surface area contributed by atoms with E-state index in [9.17, 15) is 39.3 Å². The number of hydrogen-bond donors (Lipinski definition) is 7. The number of methoxy groups -OCH3 is 1. The Kier molecular flexibility index (Phi) is 8.18. The van der Waals surface area contributed by atoms with Crippen LogP contribution in [0, 0.1) is 5.92 Å². The van der Waals surface area contributed by atoms with E-state index in [1.54, 1.807) is 6.92 Å². The van der Waals surface area contributed by atoms with Gasteiger partial charge < -0.3 is 45.2 Å². The number of nitrogens with one attached hydrogen (secondary N) is 2. The van der Waals surface area contributed by atoms with Crippen molar-refractivity contribution in [2.24, 2.45) is 5.92 Å². The van der Waals surface area contributed by atoms with E-state index in [1.807, 2.05) is 0 Å². The third-order valence-corrected chi connectivity index (χ3v) is 11.0. The molecule has 214 valence electrons. The fourth-order valence-corrected chi connectivity index (χ4v) is 8.20. The highest BCUT2D eigenvalue weighted by Gasteiger charge is 2.76. The van der Waals surface area contributed by atoms with Gasteiger partial charge in [0, 0.05) is 23.3 Å². The monoisotopic (exact) mass is 570 g/mol. The van der Waals surface area contributed by atoms with Gasteiger partial charge in [0.05, 0.1) is 25.8 Å². The highest BCUT2D eigenvalue weighted by atomic mass is 32.2. The minimum absolute atomic E-state index is 0.0774. The number of carbonyl (C=O) groups is 2. The number of aliphatic hydroxyl groups is 3. The number of hydrogen-bond acceptors (Lipinski definition) is 10. The summed E-state index contributed by atoms with van der Waals surface area (Å²) in [6.07, 6.45) is 0.705. The summed E-state index contributed by atoms with van der Waals surface area (Å²) in [5.41, 5.74) is -10.2. The molecule has 5 unspecified atom stereocenters. The molecule has 3 aliphatic rings. The summed E-state index contributed by atoms with van der Waals surface area (Å²) in [6, 6.07) is -0.859. The molecule has 0 aromatic heterocycles. The van der Waals surface area contributed by atoms with Crippen LogP contribution in [0.3, 0.4) is 0 Å². The van der Waals surface area contributed by atoms with Crippen LogP contribution in [-0.2, 0) is 23.4 Å². The van der Waals surface area contributed by atoms with Gasteiger partial charge in [-0.3, -0.25) is 9.32 Å². The molecule has 13 nitrogen and oxygen atoms in total. The van der Waals surface area contributed by atoms with Crippen LogP contribution < -0.4 is 10.6 Å². The number of thioether (sulfide) groups is 1. The first kappa shape index (κ1) is 30.6.